The van der Waals surface area contributed by atoms with E-state index in [4.69, 9.17) is 14.0 Å². The predicted octanol–water partition coefficient (Wildman–Crippen LogP) is 6.91. The van der Waals surface area contributed by atoms with E-state index in [1.165, 1.54) is 0 Å². The summed E-state index contributed by atoms with van der Waals surface area (Å²) in [6.07, 6.45) is 0. The summed E-state index contributed by atoms with van der Waals surface area (Å²) in [5, 5.41) is 4.04. The van der Waals surface area contributed by atoms with Crippen LogP contribution in [0.5, 0.6) is 11.5 Å². The zero-order chi connectivity index (χ0) is 22.4. The molecule has 0 fully saturated rings. The van der Waals surface area contributed by atoms with Gasteiger partial charge >= 0.3 is 14.2 Å². The lowest BCUT2D eigenvalue weighted by atomic mass is 9.92. The van der Waals surface area contributed by atoms with Crippen LogP contribution >= 0.6 is 8.25 Å². The average molecular weight is 453 g/mol. The maximum Gasteiger partial charge on any atom is 0.702 e. The molecule has 0 amide bonds. The lowest BCUT2D eigenvalue weighted by Crippen LogP contribution is -2.40. The molecule has 5 aromatic rings. The monoisotopic (exact) mass is 453 g/mol. The summed E-state index contributed by atoms with van der Waals surface area (Å²) < 4.78 is 30.3. The van der Waals surface area contributed by atoms with Crippen molar-refractivity contribution in [3.63, 3.8) is 0 Å². The molecule has 5 nitrogen and oxygen atoms in total. The van der Waals surface area contributed by atoms with E-state index < -0.39 is 14.2 Å². The first kappa shape index (κ1) is 19.9. The normalized spacial score (nSPS) is 14.5. The smallest absolute Gasteiger partial charge is 0.423 e. The Kier molecular flexibility index (Phi) is 4.63. The first-order valence-electron chi connectivity index (χ1n) is 10.5. The molecule has 0 saturated carbocycles. The van der Waals surface area contributed by atoms with E-state index in [2.05, 4.69) is 0 Å². The Balaban J connectivity index is 1.75. The van der Waals surface area contributed by atoms with Gasteiger partial charge in [-0.3, -0.25) is 0 Å². The molecule has 0 bridgehead atoms. The Bertz CT molecular complexity index is 1440. The Morgan fingerprint density at radius 3 is 1.64 bits per heavy atom. The van der Waals surface area contributed by atoms with Crippen molar-refractivity contribution in [1.82, 2.24) is 0 Å². The van der Waals surface area contributed by atoms with Crippen LogP contribution in [-0.2, 0) is 15.1 Å². The molecule has 1 N–H and O–H groups in total. The molecule has 0 spiro atoms. The number of rotatable bonds is 3. The highest BCUT2D eigenvalue weighted by Gasteiger charge is 2.51. The van der Waals surface area contributed by atoms with Crippen molar-refractivity contribution in [2.24, 2.45) is 0 Å². The number of ether oxygens (including phenoxy) is 2. The van der Waals surface area contributed by atoms with Gasteiger partial charge in [-0.2, -0.15) is 0 Å². The molecule has 6 heteroatoms. The molecule has 0 aromatic heterocycles. The Hall–Kier alpha value is -3.76. The fourth-order valence-electron chi connectivity index (χ4n) is 4.45. The Morgan fingerprint density at radius 2 is 1.12 bits per heavy atom. The molecule has 0 aliphatic carbocycles. The minimum absolute atomic E-state index is 0.461. The van der Waals surface area contributed by atoms with E-state index >= 15 is 0 Å². The highest BCUT2D eigenvalue weighted by molar-refractivity contribution is 7.32. The van der Waals surface area contributed by atoms with Gasteiger partial charge in [0.1, 0.15) is 11.5 Å². The molecule has 1 aliphatic rings. The van der Waals surface area contributed by atoms with Gasteiger partial charge in [0.25, 0.3) is 0 Å². The molecule has 6 rings (SSSR count). The summed E-state index contributed by atoms with van der Waals surface area (Å²) in [5.41, 5.74) is 2.14. The molecule has 0 saturated heterocycles. The number of benzene rings is 5. The summed E-state index contributed by atoms with van der Waals surface area (Å²) in [5.74, 6) is -0.969. The Morgan fingerprint density at radius 1 is 0.636 bits per heavy atom. The van der Waals surface area contributed by atoms with Gasteiger partial charge in [0.2, 0.25) is 0 Å². The van der Waals surface area contributed by atoms with E-state index in [1.54, 1.807) is 24.3 Å². The summed E-state index contributed by atoms with van der Waals surface area (Å²) in [6, 6.07) is 32.6. The van der Waals surface area contributed by atoms with E-state index in [1.807, 2.05) is 78.9 Å². The zero-order valence-corrected chi connectivity index (χ0v) is 18.2. The highest BCUT2D eigenvalue weighted by atomic mass is 31.1. The van der Waals surface area contributed by atoms with Crippen LogP contribution in [0.15, 0.2) is 103 Å². The number of hydrogen-bond donors (Lipinski definition) is 1. The minimum atomic E-state index is -3.06. The predicted molar refractivity (Wildman–Crippen MR) is 127 cm³/mol. The van der Waals surface area contributed by atoms with Crippen LogP contribution < -0.4 is 9.47 Å². The van der Waals surface area contributed by atoms with Crippen LogP contribution in [0.2, 0.25) is 0 Å². The van der Waals surface area contributed by atoms with Gasteiger partial charge in [-0.05, 0) is 50.3 Å². The SMILES string of the molecule is O=[P+](O)OC1(c2ccccc2)Oc2ccc3ccccc3c2-c2c(ccc3ccccc23)O1. The van der Waals surface area contributed by atoms with Crippen LogP contribution in [-0.4, -0.2) is 4.89 Å². The van der Waals surface area contributed by atoms with Gasteiger partial charge in [0.05, 0.1) is 5.56 Å². The van der Waals surface area contributed by atoms with Crippen LogP contribution in [0.3, 0.4) is 0 Å². The average Bonchev–Trinajstić information content (AvgIpc) is 2.99. The molecule has 1 aliphatic heterocycles. The van der Waals surface area contributed by atoms with E-state index in [0.717, 1.165) is 32.7 Å². The van der Waals surface area contributed by atoms with E-state index in [9.17, 15) is 9.46 Å². The second-order valence-corrected chi connectivity index (χ2v) is 8.43. The van der Waals surface area contributed by atoms with Gasteiger partial charge in [-0.1, -0.05) is 78.9 Å². The molecule has 1 atom stereocenters. The maximum atomic E-state index is 12.0. The van der Waals surface area contributed by atoms with E-state index in [0.29, 0.717) is 17.1 Å². The first-order valence-corrected chi connectivity index (χ1v) is 11.6. The van der Waals surface area contributed by atoms with E-state index in [-0.39, 0.29) is 0 Å². The van der Waals surface area contributed by atoms with Gasteiger partial charge < -0.3 is 9.47 Å². The number of fused-ring (bicyclic) bond motifs is 7. The molecule has 0 radical (unpaired) electrons. The van der Waals surface area contributed by atoms with Crippen LogP contribution in [0, 0.1) is 0 Å². The van der Waals surface area contributed by atoms with Crippen molar-refractivity contribution >= 4 is 29.8 Å². The summed E-state index contributed by atoms with van der Waals surface area (Å²) >= 11 is 0. The third-order valence-electron chi connectivity index (χ3n) is 5.85. The van der Waals surface area contributed by atoms with Crippen molar-refractivity contribution < 1.29 is 23.5 Å². The lowest BCUT2D eigenvalue weighted by Gasteiger charge is -2.27. The van der Waals surface area contributed by atoms with Gasteiger partial charge in [-0.25, -0.2) is 0 Å². The summed E-state index contributed by atoms with van der Waals surface area (Å²) in [6.45, 7) is 0. The fourth-order valence-corrected chi connectivity index (χ4v) is 4.84. The molecule has 33 heavy (non-hydrogen) atoms. The molecular weight excluding hydrogens is 435 g/mol. The molecule has 1 heterocycles. The molecular formula is C27H18O5P+. The minimum Gasteiger partial charge on any atom is -0.423 e. The highest BCUT2D eigenvalue weighted by Crippen LogP contribution is 2.52. The topological polar surface area (TPSA) is 65.0 Å². The summed E-state index contributed by atoms with van der Waals surface area (Å²) in [7, 11) is -3.06. The van der Waals surface area contributed by atoms with Crippen molar-refractivity contribution in [1.29, 1.82) is 0 Å². The quantitative estimate of drug-likeness (QED) is 0.301. The Labute approximate surface area is 190 Å². The third-order valence-corrected chi connectivity index (χ3v) is 6.24. The van der Waals surface area contributed by atoms with Gasteiger partial charge in [-0.15, -0.1) is 4.89 Å². The standard InChI is InChI=1S/C27H17O5P/c28-33(29)32-27(20-10-2-1-3-11-20)30-23-16-14-18-8-4-6-12-21(18)25(23)26-22-13-7-5-9-19(22)15-17-24(26)31-27/h1-17H/p+1. The van der Waals surface area contributed by atoms with Crippen molar-refractivity contribution in [3.8, 4) is 22.6 Å². The van der Waals surface area contributed by atoms with Gasteiger partial charge in [0, 0.05) is 15.7 Å². The second kappa shape index (κ2) is 7.68. The maximum absolute atomic E-state index is 12.0. The third kappa shape index (κ3) is 3.26. The van der Waals surface area contributed by atoms with Crippen LogP contribution in [0.1, 0.15) is 5.56 Å². The second-order valence-electron chi connectivity index (χ2n) is 7.78. The zero-order valence-electron chi connectivity index (χ0n) is 17.3. The fraction of sp³-hybridized carbons (Fsp3) is 0.0370. The largest absolute Gasteiger partial charge is 0.702 e. The molecule has 1 unspecified atom stereocenters. The first-order chi connectivity index (χ1) is 16.1. The molecule has 160 valence electrons. The molecule has 5 aromatic carbocycles. The lowest BCUT2D eigenvalue weighted by molar-refractivity contribution is -0.262. The van der Waals surface area contributed by atoms with Crippen LogP contribution in [0.25, 0.3) is 32.7 Å². The van der Waals surface area contributed by atoms with Gasteiger partial charge in [0.15, 0.2) is 0 Å². The summed E-state index contributed by atoms with van der Waals surface area (Å²) in [4.78, 5) is 9.79. The van der Waals surface area contributed by atoms with Crippen molar-refractivity contribution in [2.75, 3.05) is 0 Å². The van der Waals surface area contributed by atoms with Crippen molar-refractivity contribution in [2.45, 2.75) is 5.97 Å². The van der Waals surface area contributed by atoms with Crippen LogP contribution in [0.4, 0.5) is 0 Å². The van der Waals surface area contributed by atoms with Crippen molar-refractivity contribution in [3.05, 3.63) is 109 Å². The number of hydrogen-bond acceptors (Lipinski definition) is 4.